The predicted molar refractivity (Wildman–Crippen MR) is 121 cm³/mol. The fraction of sp³-hybridized carbons (Fsp3) is 0.348. The number of anilines is 1. The van der Waals surface area contributed by atoms with Gasteiger partial charge in [0.1, 0.15) is 6.04 Å². The molecule has 1 N–H and O–H groups in total. The van der Waals surface area contributed by atoms with Gasteiger partial charge in [-0.05, 0) is 24.3 Å². The molecule has 3 amide bonds. The monoisotopic (exact) mass is 451 g/mol. The highest BCUT2D eigenvalue weighted by molar-refractivity contribution is 5.99. The van der Waals surface area contributed by atoms with Crippen LogP contribution in [0, 0.1) is 10.1 Å². The van der Waals surface area contributed by atoms with Gasteiger partial charge in [0.05, 0.1) is 11.3 Å². The molecule has 2 aromatic rings. The van der Waals surface area contributed by atoms with Crippen molar-refractivity contribution in [3.63, 3.8) is 0 Å². The van der Waals surface area contributed by atoms with Gasteiger partial charge in [-0.2, -0.15) is 0 Å². The van der Waals surface area contributed by atoms with Gasteiger partial charge in [0.15, 0.2) is 0 Å². The molecule has 4 rings (SSSR count). The van der Waals surface area contributed by atoms with Crippen molar-refractivity contribution in [3.8, 4) is 0 Å². The summed E-state index contributed by atoms with van der Waals surface area (Å²) in [5.41, 5.74) is 1.23. The number of rotatable bonds is 5. The first-order chi connectivity index (χ1) is 15.9. The molecule has 0 unspecified atom stereocenters. The zero-order valence-electron chi connectivity index (χ0n) is 18.1. The minimum Gasteiger partial charge on any atom is -0.368 e. The van der Waals surface area contributed by atoms with E-state index in [1.807, 2.05) is 30.3 Å². The molecule has 172 valence electrons. The second-order valence-electron chi connectivity index (χ2n) is 8.02. The van der Waals surface area contributed by atoms with Crippen molar-refractivity contribution >= 4 is 29.1 Å². The molecule has 0 spiro atoms. The number of piperazine rings is 2. The van der Waals surface area contributed by atoms with Crippen molar-refractivity contribution in [2.45, 2.75) is 12.5 Å². The molecule has 0 bridgehead atoms. The third-order valence-corrected chi connectivity index (χ3v) is 6.04. The molecule has 2 aliphatic rings. The smallest absolute Gasteiger partial charge is 0.269 e. The summed E-state index contributed by atoms with van der Waals surface area (Å²) in [6, 6.07) is 14.3. The lowest BCUT2D eigenvalue weighted by Crippen LogP contribution is -2.59. The molecule has 10 nitrogen and oxygen atoms in total. The second-order valence-corrected chi connectivity index (χ2v) is 8.02. The first-order valence-electron chi connectivity index (χ1n) is 10.8. The van der Waals surface area contributed by atoms with Crippen LogP contribution >= 0.6 is 0 Å². The molecule has 2 saturated heterocycles. The molecule has 0 aromatic heterocycles. The van der Waals surface area contributed by atoms with Crippen LogP contribution in [0.2, 0.25) is 0 Å². The van der Waals surface area contributed by atoms with Gasteiger partial charge in [-0.1, -0.05) is 18.2 Å². The van der Waals surface area contributed by atoms with E-state index < -0.39 is 16.9 Å². The molecule has 2 fully saturated rings. The summed E-state index contributed by atoms with van der Waals surface area (Å²) in [6.07, 6.45) is -0.101. The largest absolute Gasteiger partial charge is 0.368 e. The molecule has 2 aromatic carbocycles. The average molecular weight is 451 g/mol. The maximum atomic E-state index is 13.0. The lowest BCUT2D eigenvalue weighted by atomic mass is 10.0. The molecule has 33 heavy (non-hydrogen) atoms. The van der Waals surface area contributed by atoms with Gasteiger partial charge in [-0.3, -0.25) is 24.5 Å². The van der Waals surface area contributed by atoms with E-state index in [2.05, 4.69) is 10.2 Å². The number of benzene rings is 2. The Balaban J connectivity index is 1.40. The molecular formula is C23H25N5O5. The van der Waals surface area contributed by atoms with E-state index in [-0.39, 0.29) is 42.6 Å². The quantitative estimate of drug-likeness (QED) is 0.541. The molecule has 0 radical (unpaired) electrons. The van der Waals surface area contributed by atoms with Crippen molar-refractivity contribution < 1.29 is 19.3 Å². The van der Waals surface area contributed by atoms with Gasteiger partial charge in [0, 0.05) is 62.7 Å². The maximum Gasteiger partial charge on any atom is 0.269 e. The normalized spacial score (nSPS) is 18.6. The fourth-order valence-electron chi connectivity index (χ4n) is 4.20. The van der Waals surface area contributed by atoms with Crippen LogP contribution in [0.25, 0.3) is 0 Å². The number of non-ortho nitro benzene ring substituents is 1. The number of para-hydroxylation sites is 1. The van der Waals surface area contributed by atoms with E-state index in [9.17, 15) is 24.5 Å². The summed E-state index contributed by atoms with van der Waals surface area (Å²) in [6.45, 7) is 3.02. The van der Waals surface area contributed by atoms with E-state index in [0.29, 0.717) is 26.2 Å². The Morgan fingerprint density at radius 3 is 2.27 bits per heavy atom. The third-order valence-electron chi connectivity index (χ3n) is 6.04. The van der Waals surface area contributed by atoms with E-state index >= 15 is 0 Å². The Morgan fingerprint density at radius 1 is 0.970 bits per heavy atom. The van der Waals surface area contributed by atoms with E-state index in [0.717, 1.165) is 5.69 Å². The Kier molecular flexibility index (Phi) is 6.53. The van der Waals surface area contributed by atoms with Gasteiger partial charge in [-0.15, -0.1) is 0 Å². The third kappa shape index (κ3) is 4.94. The number of carbonyl (C=O) groups excluding carboxylic acids is 3. The van der Waals surface area contributed by atoms with Crippen LogP contribution in [0.1, 0.15) is 16.8 Å². The summed E-state index contributed by atoms with van der Waals surface area (Å²) in [5.74, 6) is -0.967. The first kappa shape index (κ1) is 22.3. The summed E-state index contributed by atoms with van der Waals surface area (Å²) < 4.78 is 0. The Labute approximate surface area is 190 Å². The van der Waals surface area contributed by atoms with Crippen LogP contribution in [0.5, 0.6) is 0 Å². The summed E-state index contributed by atoms with van der Waals surface area (Å²) in [4.78, 5) is 54.3. The van der Waals surface area contributed by atoms with E-state index in [1.165, 1.54) is 29.2 Å². The topological polar surface area (TPSA) is 116 Å². The van der Waals surface area contributed by atoms with Crippen LogP contribution in [0.15, 0.2) is 54.6 Å². The summed E-state index contributed by atoms with van der Waals surface area (Å²) in [7, 11) is 0. The molecule has 2 heterocycles. The molecule has 0 saturated carbocycles. The predicted octanol–water partition coefficient (Wildman–Crippen LogP) is 1.27. The van der Waals surface area contributed by atoms with Crippen LogP contribution in [0.3, 0.4) is 0 Å². The Morgan fingerprint density at radius 2 is 1.64 bits per heavy atom. The highest BCUT2D eigenvalue weighted by atomic mass is 16.6. The molecule has 2 aliphatic heterocycles. The first-order valence-corrected chi connectivity index (χ1v) is 10.8. The van der Waals surface area contributed by atoms with Crippen molar-refractivity contribution in [1.82, 2.24) is 15.1 Å². The molecule has 1 atom stereocenters. The van der Waals surface area contributed by atoms with Crippen LogP contribution in [-0.2, 0) is 9.59 Å². The Hall–Kier alpha value is -3.95. The van der Waals surface area contributed by atoms with Gasteiger partial charge < -0.3 is 20.0 Å². The Bertz CT molecular complexity index is 1030. The van der Waals surface area contributed by atoms with Crippen LogP contribution < -0.4 is 10.2 Å². The fourth-order valence-corrected chi connectivity index (χ4v) is 4.20. The molecule has 0 aliphatic carbocycles. The number of hydrogen-bond acceptors (Lipinski definition) is 6. The van der Waals surface area contributed by atoms with Gasteiger partial charge >= 0.3 is 0 Å². The van der Waals surface area contributed by atoms with Crippen molar-refractivity contribution in [2.75, 3.05) is 44.2 Å². The second kappa shape index (κ2) is 9.68. The molecule has 10 heteroatoms. The standard InChI is InChI=1S/C23H25N5O5/c29-21(26-14-12-25(13-15-26)18-4-2-1-3-5-18)16-20-22(30)24-10-11-27(20)23(31)17-6-8-19(9-7-17)28(32)33/h1-9,20H,10-16H2,(H,24,30)/t20-/m0/s1. The number of nitrogens with zero attached hydrogens (tertiary/aromatic N) is 4. The van der Waals surface area contributed by atoms with Gasteiger partial charge in [-0.25, -0.2) is 0 Å². The zero-order chi connectivity index (χ0) is 23.4. The zero-order valence-corrected chi connectivity index (χ0v) is 18.1. The molecular weight excluding hydrogens is 426 g/mol. The van der Waals surface area contributed by atoms with E-state index in [1.54, 1.807) is 4.90 Å². The van der Waals surface area contributed by atoms with Crippen molar-refractivity contribution in [3.05, 3.63) is 70.3 Å². The SMILES string of the molecule is O=C1NCCN(C(=O)c2ccc([N+](=O)[O-])cc2)[C@H]1CC(=O)N1CCN(c2ccccc2)CC1. The number of hydrogen-bond donors (Lipinski definition) is 1. The van der Waals surface area contributed by atoms with Crippen molar-refractivity contribution in [1.29, 1.82) is 0 Å². The van der Waals surface area contributed by atoms with Gasteiger partial charge in [0.25, 0.3) is 11.6 Å². The van der Waals surface area contributed by atoms with Crippen LogP contribution in [0.4, 0.5) is 11.4 Å². The number of nitro groups is 1. The number of carbonyl (C=O) groups is 3. The van der Waals surface area contributed by atoms with E-state index in [4.69, 9.17) is 0 Å². The lowest BCUT2D eigenvalue weighted by molar-refractivity contribution is -0.384. The number of nitrogens with one attached hydrogen (secondary N) is 1. The number of nitro benzene ring substituents is 1. The summed E-state index contributed by atoms with van der Waals surface area (Å²) >= 11 is 0. The summed E-state index contributed by atoms with van der Waals surface area (Å²) in [5, 5.41) is 13.6. The highest BCUT2D eigenvalue weighted by Crippen LogP contribution is 2.20. The highest BCUT2D eigenvalue weighted by Gasteiger charge is 2.36. The van der Waals surface area contributed by atoms with Crippen LogP contribution in [-0.4, -0.2) is 77.8 Å². The van der Waals surface area contributed by atoms with Gasteiger partial charge in [0.2, 0.25) is 11.8 Å². The minimum atomic E-state index is -0.916. The average Bonchev–Trinajstić information content (AvgIpc) is 2.85. The number of amides is 3. The maximum absolute atomic E-state index is 13.0. The minimum absolute atomic E-state index is 0.101. The van der Waals surface area contributed by atoms with Crippen molar-refractivity contribution in [2.24, 2.45) is 0 Å². The lowest BCUT2D eigenvalue weighted by Gasteiger charge is -2.38.